The molecule has 1 amide bonds. The zero-order valence-corrected chi connectivity index (χ0v) is 18.8. The number of hydrogen-bond acceptors (Lipinski definition) is 5. The van der Waals surface area contributed by atoms with Crippen molar-refractivity contribution < 1.29 is 9.18 Å². The second-order valence-electron chi connectivity index (χ2n) is 6.17. The molecule has 160 valence electrons. The summed E-state index contributed by atoms with van der Waals surface area (Å²) in [5.74, 6) is -0.236. The molecule has 2 aromatic heterocycles. The SMILES string of the molecule is CC.Cn1c(C(=O)Nc2ccc(SNc3ncccn3)cc2)cc2cc(F)cc(Cl)c21. The molecular formula is C22H21ClFN5OS. The molecule has 2 N–H and O–H groups in total. The molecular weight excluding hydrogens is 437 g/mol. The fraction of sp³-hybridized carbons (Fsp3) is 0.136. The lowest BCUT2D eigenvalue weighted by Crippen LogP contribution is -2.15. The first kappa shape index (κ1) is 22.6. The molecule has 0 fully saturated rings. The minimum Gasteiger partial charge on any atom is -0.338 e. The normalized spacial score (nSPS) is 10.4. The van der Waals surface area contributed by atoms with Gasteiger partial charge < -0.3 is 9.88 Å². The Hall–Kier alpha value is -3.10. The number of halogens is 2. The van der Waals surface area contributed by atoms with E-state index in [1.807, 2.05) is 26.0 Å². The number of benzene rings is 2. The molecule has 0 saturated heterocycles. The molecule has 2 heterocycles. The molecule has 0 saturated carbocycles. The van der Waals surface area contributed by atoms with Gasteiger partial charge in [-0.2, -0.15) is 0 Å². The zero-order chi connectivity index (χ0) is 22.4. The molecule has 0 bridgehead atoms. The Balaban J connectivity index is 0.00000132. The highest BCUT2D eigenvalue weighted by Gasteiger charge is 2.16. The molecule has 31 heavy (non-hydrogen) atoms. The number of rotatable bonds is 5. The highest BCUT2D eigenvalue weighted by atomic mass is 35.5. The van der Waals surface area contributed by atoms with Crippen molar-refractivity contribution >= 4 is 52.0 Å². The third-order valence-corrected chi connectivity index (χ3v) is 5.30. The summed E-state index contributed by atoms with van der Waals surface area (Å²) in [6.07, 6.45) is 3.31. The predicted octanol–water partition coefficient (Wildman–Crippen LogP) is 6.16. The first-order valence-electron chi connectivity index (χ1n) is 9.57. The van der Waals surface area contributed by atoms with Gasteiger partial charge in [0.15, 0.2) is 0 Å². The summed E-state index contributed by atoms with van der Waals surface area (Å²) < 4.78 is 18.3. The number of nitrogens with zero attached hydrogens (tertiary/aromatic N) is 3. The summed E-state index contributed by atoms with van der Waals surface area (Å²) in [6.45, 7) is 4.00. The zero-order valence-electron chi connectivity index (χ0n) is 17.2. The summed E-state index contributed by atoms with van der Waals surface area (Å²) in [6, 6.07) is 13.3. The van der Waals surface area contributed by atoms with E-state index in [9.17, 15) is 9.18 Å². The van der Waals surface area contributed by atoms with Gasteiger partial charge in [0.05, 0.1) is 10.5 Å². The van der Waals surface area contributed by atoms with E-state index in [0.29, 0.717) is 28.2 Å². The van der Waals surface area contributed by atoms with E-state index in [1.54, 1.807) is 48.3 Å². The Morgan fingerprint density at radius 2 is 1.77 bits per heavy atom. The van der Waals surface area contributed by atoms with Gasteiger partial charge in [0, 0.05) is 35.4 Å². The Labute approximate surface area is 189 Å². The van der Waals surface area contributed by atoms with Crippen LogP contribution < -0.4 is 10.0 Å². The van der Waals surface area contributed by atoms with Crippen LogP contribution in [0.3, 0.4) is 0 Å². The summed E-state index contributed by atoms with van der Waals surface area (Å²) in [5, 5.41) is 3.68. The summed E-state index contributed by atoms with van der Waals surface area (Å²) in [5.41, 5.74) is 1.63. The van der Waals surface area contributed by atoms with Crippen LogP contribution >= 0.6 is 23.5 Å². The standard InChI is InChI=1S/C20H15ClFN5OS.C2H6/c1-27-17(10-12-9-13(22)11-16(21)18(12)27)19(28)25-14-3-5-15(6-4-14)29-26-20-23-7-2-8-24-20;1-2/h2-11H,1H3,(H,25,28)(H,23,24,26);1-2H3. The van der Waals surface area contributed by atoms with Gasteiger partial charge in [0.1, 0.15) is 11.5 Å². The van der Waals surface area contributed by atoms with Crippen LogP contribution in [0.4, 0.5) is 16.0 Å². The molecule has 6 nitrogen and oxygen atoms in total. The van der Waals surface area contributed by atoms with Crippen molar-refractivity contribution in [2.45, 2.75) is 18.7 Å². The van der Waals surface area contributed by atoms with E-state index >= 15 is 0 Å². The third-order valence-electron chi connectivity index (χ3n) is 4.22. The Morgan fingerprint density at radius 3 is 2.45 bits per heavy atom. The van der Waals surface area contributed by atoms with Gasteiger partial charge in [0.2, 0.25) is 5.95 Å². The fourth-order valence-electron chi connectivity index (χ4n) is 2.89. The van der Waals surface area contributed by atoms with E-state index in [2.05, 4.69) is 20.0 Å². The fourth-order valence-corrected chi connectivity index (χ4v) is 3.82. The van der Waals surface area contributed by atoms with Crippen LogP contribution in [0.1, 0.15) is 24.3 Å². The molecule has 4 aromatic rings. The molecule has 2 aromatic carbocycles. The number of fused-ring (bicyclic) bond motifs is 1. The van der Waals surface area contributed by atoms with Crippen molar-refractivity contribution in [3.05, 3.63) is 77.5 Å². The predicted molar refractivity (Wildman–Crippen MR) is 125 cm³/mol. The number of carbonyl (C=O) groups excluding carboxylic acids is 1. The molecule has 0 unspecified atom stereocenters. The average Bonchev–Trinajstić information content (AvgIpc) is 3.12. The van der Waals surface area contributed by atoms with Crippen molar-refractivity contribution in [3.63, 3.8) is 0 Å². The molecule has 0 aliphatic heterocycles. The molecule has 0 spiro atoms. The quantitative estimate of drug-likeness (QED) is 0.351. The van der Waals surface area contributed by atoms with Crippen molar-refractivity contribution in [2.75, 3.05) is 10.0 Å². The first-order valence-corrected chi connectivity index (χ1v) is 10.8. The number of carbonyl (C=O) groups is 1. The molecule has 9 heteroatoms. The number of anilines is 2. The van der Waals surface area contributed by atoms with Crippen LogP contribution in [0.25, 0.3) is 10.9 Å². The Kier molecular flexibility index (Phi) is 7.49. The highest BCUT2D eigenvalue weighted by molar-refractivity contribution is 8.00. The average molecular weight is 458 g/mol. The maximum Gasteiger partial charge on any atom is 0.272 e. The lowest BCUT2D eigenvalue weighted by atomic mass is 10.2. The molecule has 0 aliphatic carbocycles. The molecule has 0 radical (unpaired) electrons. The van der Waals surface area contributed by atoms with E-state index in [-0.39, 0.29) is 10.9 Å². The minimum atomic E-state index is -0.442. The van der Waals surface area contributed by atoms with Gasteiger partial charge in [-0.25, -0.2) is 14.4 Å². The number of amides is 1. The molecule has 0 atom stereocenters. The van der Waals surface area contributed by atoms with Gasteiger partial charge >= 0.3 is 0 Å². The van der Waals surface area contributed by atoms with E-state index < -0.39 is 5.82 Å². The van der Waals surface area contributed by atoms with Crippen molar-refractivity contribution in [2.24, 2.45) is 7.05 Å². The van der Waals surface area contributed by atoms with Gasteiger partial charge in [-0.3, -0.25) is 9.52 Å². The van der Waals surface area contributed by atoms with Crippen molar-refractivity contribution in [3.8, 4) is 0 Å². The monoisotopic (exact) mass is 457 g/mol. The second-order valence-corrected chi connectivity index (χ2v) is 7.46. The van der Waals surface area contributed by atoms with Crippen molar-refractivity contribution in [1.29, 1.82) is 0 Å². The third kappa shape index (κ3) is 5.34. The lowest BCUT2D eigenvalue weighted by molar-refractivity contribution is 0.101. The smallest absolute Gasteiger partial charge is 0.272 e. The van der Waals surface area contributed by atoms with Crippen LogP contribution in [0, 0.1) is 5.82 Å². The summed E-state index contributed by atoms with van der Waals surface area (Å²) >= 11 is 7.49. The maximum atomic E-state index is 13.6. The topological polar surface area (TPSA) is 71.8 Å². The summed E-state index contributed by atoms with van der Waals surface area (Å²) in [4.78, 5) is 21.8. The van der Waals surface area contributed by atoms with E-state index in [4.69, 9.17) is 11.6 Å². The molecule has 0 aliphatic rings. The van der Waals surface area contributed by atoms with Crippen LogP contribution in [-0.2, 0) is 7.05 Å². The largest absolute Gasteiger partial charge is 0.338 e. The lowest BCUT2D eigenvalue weighted by Gasteiger charge is -2.08. The minimum absolute atomic E-state index is 0.262. The maximum absolute atomic E-state index is 13.6. The number of aryl methyl sites for hydroxylation is 1. The number of aromatic nitrogens is 3. The number of nitrogens with one attached hydrogen (secondary N) is 2. The first-order chi connectivity index (χ1) is 15.0. The van der Waals surface area contributed by atoms with Crippen LogP contribution in [-0.4, -0.2) is 20.4 Å². The van der Waals surface area contributed by atoms with E-state index in [0.717, 1.165) is 4.90 Å². The van der Waals surface area contributed by atoms with Crippen LogP contribution in [0.5, 0.6) is 0 Å². The summed E-state index contributed by atoms with van der Waals surface area (Å²) in [7, 11) is 1.72. The Morgan fingerprint density at radius 1 is 1.10 bits per heavy atom. The van der Waals surface area contributed by atoms with Gasteiger partial charge in [-0.15, -0.1) is 0 Å². The number of hydrogen-bond donors (Lipinski definition) is 2. The van der Waals surface area contributed by atoms with Gasteiger partial charge in [0.25, 0.3) is 5.91 Å². The molecule has 4 rings (SSSR count). The highest BCUT2D eigenvalue weighted by Crippen LogP contribution is 2.28. The van der Waals surface area contributed by atoms with Crippen LogP contribution in [0.15, 0.2) is 65.8 Å². The Bertz CT molecular complexity index is 1180. The van der Waals surface area contributed by atoms with Gasteiger partial charge in [-0.05, 0) is 60.5 Å². The van der Waals surface area contributed by atoms with Crippen LogP contribution in [0.2, 0.25) is 5.02 Å². The van der Waals surface area contributed by atoms with Gasteiger partial charge in [-0.1, -0.05) is 25.4 Å². The van der Waals surface area contributed by atoms with E-state index in [1.165, 1.54) is 24.1 Å². The van der Waals surface area contributed by atoms with Crippen molar-refractivity contribution in [1.82, 2.24) is 14.5 Å². The second kappa shape index (κ2) is 10.3.